The number of nitro groups is 1. The van der Waals surface area contributed by atoms with Crippen molar-refractivity contribution in [3.63, 3.8) is 0 Å². The van der Waals surface area contributed by atoms with E-state index in [4.69, 9.17) is 9.73 Å². The van der Waals surface area contributed by atoms with Crippen LogP contribution in [0.15, 0.2) is 41.4 Å². The Morgan fingerprint density at radius 2 is 1.94 bits per heavy atom. The van der Waals surface area contributed by atoms with Gasteiger partial charge in [-0.2, -0.15) is 0 Å². The van der Waals surface area contributed by atoms with Gasteiger partial charge in [-0.1, -0.05) is 34.1 Å². The number of hydrogen-bond acceptors (Lipinski definition) is 4. The number of fused-ring (bicyclic) bond motifs is 3. The fraction of sp³-hybridized carbons (Fsp3) is 0.536. The van der Waals surface area contributed by atoms with E-state index in [1.165, 1.54) is 11.1 Å². The molecule has 3 unspecified atom stereocenters. The first-order valence-corrected chi connectivity index (χ1v) is 12.1. The van der Waals surface area contributed by atoms with Crippen molar-refractivity contribution in [1.82, 2.24) is 0 Å². The third kappa shape index (κ3) is 4.30. The van der Waals surface area contributed by atoms with Crippen LogP contribution < -0.4 is 4.74 Å². The molecule has 2 aliphatic rings. The van der Waals surface area contributed by atoms with E-state index >= 15 is 0 Å². The van der Waals surface area contributed by atoms with Crippen molar-refractivity contribution < 1.29 is 9.66 Å². The zero-order valence-electron chi connectivity index (χ0n) is 20.6. The van der Waals surface area contributed by atoms with Crippen LogP contribution in [0.3, 0.4) is 0 Å². The highest BCUT2D eigenvalue weighted by Crippen LogP contribution is 2.58. The molecule has 0 spiro atoms. The maximum absolute atomic E-state index is 11.9. The molecule has 0 aromatic heterocycles. The summed E-state index contributed by atoms with van der Waals surface area (Å²) in [6.45, 7) is 9.59. The van der Waals surface area contributed by atoms with Crippen LogP contribution in [0.5, 0.6) is 5.75 Å². The lowest BCUT2D eigenvalue weighted by molar-refractivity contribution is -0.385. The van der Waals surface area contributed by atoms with E-state index in [2.05, 4.69) is 19.9 Å². The molecule has 2 aliphatic carbocycles. The smallest absolute Gasteiger partial charge is 0.273 e. The molecule has 0 aliphatic heterocycles. The van der Waals surface area contributed by atoms with Gasteiger partial charge in [-0.05, 0) is 95.4 Å². The average molecular weight is 449 g/mol. The molecular weight excluding hydrogens is 412 g/mol. The van der Waals surface area contributed by atoms with Gasteiger partial charge in [0.15, 0.2) is 0 Å². The zero-order valence-corrected chi connectivity index (χ0v) is 20.6. The summed E-state index contributed by atoms with van der Waals surface area (Å²) >= 11 is 0. The Morgan fingerprint density at radius 1 is 1.21 bits per heavy atom. The number of aryl methyl sites for hydroxylation is 1. The second kappa shape index (κ2) is 8.92. The molecule has 0 amide bonds. The normalized spacial score (nSPS) is 26.8. The first-order valence-electron chi connectivity index (χ1n) is 12.1. The van der Waals surface area contributed by atoms with Gasteiger partial charge in [-0.25, -0.2) is 0 Å². The summed E-state index contributed by atoms with van der Waals surface area (Å²) < 4.78 is 5.24. The van der Waals surface area contributed by atoms with Crippen molar-refractivity contribution in [2.75, 3.05) is 13.7 Å². The van der Waals surface area contributed by atoms with Crippen molar-refractivity contribution in [2.24, 2.45) is 16.3 Å². The second-order valence-corrected chi connectivity index (χ2v) is 10.7. The lowest BCUT2D eigenvalue weighted by Crippen LogP contribution is -2.50. The number of aliphatic imine (C=N–C) groups is 1. The van der Waals surface area contributed by atoms with Crippen LogP contribution >= 0.6 is 0 Å². The molecule has 5 heteroatoms. The lowest BCUT2D eigenvalue weighted by Gasteiger charge is -2.55. The van der Waals surface area contributed by atoms with Crippen LogP contribution in [-0.4, -0.2) is 24.8 Å². The Morgan fingerprint density at radius 3 is 2.58 bits per heavy atom. The number of nitrogens with zero attached hydrogens (tertiary/aromatic N) is 2. The lowest BCUT2D eigenvalue weighted by atomic mass is 9.49. The first kappa shape index (κ1) is 23.5. The highest BCUT2D eigenvalue weighted by molar-refractivity contribution is 5.79. The molecule has 0 bridgehead atoms. The summed E-state index contributed by atoms with van der Waals surface area (Å²) in [5, 5.41) is 11.9. The molecule has 0 heterocycles. The molecular formula is C28H36N2O3. The van der Waals surface area contributed by atoms with Crippen molar-refractivity contribution in [2.45, 2.75) is 71.1 Å². The second-order valence-electron chi connectivity index (χ2n) is 10.7. The predicted molar refractivity (Wildman–Crippen MR) is 134 cm³/mol. The quantitative estimate of drug-likeness (QED) is 0.275. The van der Waals surface area contributed by atoms with Crippen LogP contribution in [0.4, 0.5) is 5.69 Å². The van der Waals surface area contributed by atoms with Gasteiger partial charge in [0, 0.05) is 24.4 Å². The van der Waals surface area contributed by atoms with Crippen molar-refractivity contribution >= 4 is 11.9 Å². The molecule has 0 N–H and O–H groups in total. The van der Waals surface area contributed by atoms with Gasteiger partial charge in [-0.3, -0.25) is 15.1 Å². The fourth-order valence-corrected chi connectivity index (χ4v) is 6.52. The van der Waals surface area contributed by atoms with E-state index in [0.29, 0.717) is 5.92 Å². The average Bonchev–Trinajstić information content (AvgIpc) is 2.78. The highest BCUT2D eigenvalue weighted by Gasteiger charge is 2.52. The third-order valence-electron chi connectivity index (χ3n) is 8.25. The first-order chi connectivity index (χ1) is 15.7. The number of ether oxygens (including phenoxy) is 1. The maximum atomic E-state index is 11.9. The molecule has 1 fully saturated rings. The summed E-state index contributed by atoms with van der Waals surface area (Å²) in [6.07, 6.45) is 7.43. The van der Waals surface area contributed by atoms with Gasteiger partial charge < -0.3 is 4.74 Å². The van der Waals surface area contributed by atoms with E-state index in [1.807, 2.05) is 50.4 Å². The van der Waals surface area contributed by atoms with Crippen LogP contribution in [-0.2, 0) is 11.8 Å². The fourth-order valence-electron chi connectivity index (χ4n) is 6.52. The van der Waals surface area contributed by atoms with E-state index in [9.17, 15) is 10.1 Å². The summed E-state index contributed by atoms with van der Waals surface area (Å²) in [5.41, 5.74) is 4.78. The number of hydrogen-bond donors (Lipinski definition) is 0. The minimum absolute atomic E-state index is 0.0452. The maximum Gasteiger partial charge on any atom is 0.273 e. The molecule has 5 nitrogen and oxygen atoms in total. The number of nitro benzene ring substituents is 1. The Labute approximate surface area is 197 Å². The number of benzene rings is 2. The van der Waals surface area contributed by atoms with Crippen LogP contribution in [0.25, 0.3) is 0 Å². The van der Waals surface area contributed by atoms with E-state index in [0.717, 1.165) is 55.5 Å². The standard InChI is InChI=1S/C28H36N2O3/c1-19(2)23-15-21-9-12-26-27(3,18-29-17-20-7-10-22(33-5)11-8-20)13-6-14-28(26,4)24(21)16-25(23)30(31)32/h7-8,10-11,15-17,19,26H,6,9,12-14,18H2,1-5H3. The minimum atomic E-state index is -0.191. The van der Waals surface area contributed by atoms with E-state index < -0.39 is 0 Å². The van der Waals surface area contributed by atoms with E-state index in [1.54, 1.807) is 7.11 Å². The van der Waals surface area contributed by atoms with Gasteiger partial charge in [0.1, 0.15) is 5.75 Å². The molecule has 4 rings (SSSR count). The van der Waals surface area contributed by atoms with E-state index in [-0.39, 0.29) is 27.4 Å². The molecule has 176 valence electrons. The number of rotatable bonds is 6. The monoisotopic (exact) mass is 448 g/mol. The topological polar surface area (TPSA) is 64.7 Å². The molecule has 3 atom stereocenters. The molecule has 33 heavy (non-hydrogen) atoms. The van der Waals surface area contributed by atoms with Gasteiger partial charge in [0.25, 0.3) is 5.69 Å². The van der Waals surface area contributed by atoms with Crippen LogP contribution in [0.1, 0.15) is 81.5 Å². The largest absolute Gasteiger partial charge is 0.497 e. The third-order valence-corrected chi connectivity index (χ3v) is 8.25. The number of methoxy groups -OCH3 is 1. The van der Waals surface area contributed by atoms with Gasteiger partial charge in [0.2, 0.25) is 0 Å². The summed E-state index contributed by atoms with van der Waals surface area (Å²) in [5.74, 6) is 1.45. The molecule has 1 saturated carbocycles. The predicted octanol–water partition coefficient (Wildman–Crippen LogP) is 6.86. The Kier molecular flexibility index (Phi) is 6.35. The minimum Gasteiger partial charge on any atom is -0.497 e. The molecule has 2 aromatic carbocycles. The van der Waals surface area contributed by atoms with Gasteiger partial charge in [0.05, 0.1) is 12.0 Å². The SMILES string of the molecule is COc1ccc(C=NCC2(C)CCCC3(C)c4cc([N+](=O)[O-])c(C(C)C)cc4CCC23)cc1. The van der Waals surface area contributed by atoms with Gasteiger partial charge in [-0.15, -0.1) is 0 Å². The molecule has 0 saturated heterocycles. The zero-order chi connectivity index (χ0) is 23.8. The summed E-state index contributed by atoms with van der Waals surface area (Å²) in [7, 11) is 1.67. The Hall–Kier alpha value is -2.69. The van der Waals surface area contributed by atoms with Crippen LogP contribution in [0, 0.1) is 21.4 Å². The molecule has 0 radical (unpaired) electrons. The Bertz CT molecular complexity index is 1060. The van der Waals surface area contributed by atoms with Crippen molar-refractivity contribution in [3.05, 3.63) is 68.8 Å². The highest BCUT2D eigenvalue weighted by atomic mass is 16.6. The summed E-state index contributed by atoms with van der Waals surface area (Å²) in [4.78, 5) is 16.6. The molecule has 2 aromatic rings. The van der Waals surface area contributed by atoms with Crippen molar-refractivity contribution in [3.8, 4) is 5.75 Å². The Balaban J connectivity index is 1.63. The summed E-state index contributed by atoms with van der Waals surface area (Å²) in [6, 6.07) is 12.0. The van der Waals surface area contributed by atoms with Gasteiger partial charge >= 0.3 is 0 Å². The van der Waals surface area contributed by atoms with Crippen LogP contribution in [0.2, 0.25) is 0 Å². The van der Waals surface area contributed by atoms with Crippen molar-refractivity contribution in [1.29, 1.82) is 0 Å².